The third-order valence-corrected chi connectivity index (χ3v) is 7.05. The summed E-state index contributed by atoms with van der Waals surface area (Å²) in [5.74, 6) is 2.73. The van der Waals surface area contributed by atoms with Gasteiger partial charge in [0.15, 0.2) is 0 Å². The maximum absolute atomic E-state index is 13.1. The van der Waals surface area contributed by atoms with Gasteiger partial charge in [0.05, 0.1) is 14.2 Å². The molecule has 0 atom stereocenters. The van der Waals surface area contributed by atoms with Crippen molar-refractivity contribution in [2.75, 3.05) is 45.3 Å². The highest BCUT2D eigenvalue weighted by molar-refractivity contribution is 5.97. The van der Waals surface area contributed by atoms with Gasteiger partial charge in [-0.15, -0.1) is 0 Å². The van der Waals surface area contributed by atoms with E-state index < -0.39 is 0 Å². The highest BCUT2D eigenvalue weighted by Gasteiger charge is 2.23. The zero-order chi connectivity index (χ0) is 23.7. The average Bonchev–Trinajstić information content (AvgIpc) is 3.25. The number of carbonyl (C=O) groups excluding carboxylic acids is 1. The Kier molecular flexibility index (Phi) is 6.22. The largest absolute Gasteiger partial charge is 0.497 e. The van der Waals surface area contributed by atoms with E-state index in [2.05, 4.69) is 17.0 Å². The lowest BCUT2D eigenvalue weighted by molar-refractivity contribution is -0.126. The molecule has 1 fully saturated rings. The van der Waals surface area contributed by atoms with E-state index in [0.717, 1.165) is 71.0 Å². The molecule has 3 aromatic rings. The second-order valence-electron chi connectivity index (χ2n) is 9.10. The minimum Gasteiger partial charge on any atom is -0.497 e. The maximum atomic E-state index is 13.1. The molecule has 6 nitrogen and oxygen atoms in total. The van der Waals surface area contributed by atoms with Gasteiger partial charge in [-0.2, -0.15) is 0 Å². The van der Waals surface area contributed by atoms with Gasteiger partial charge in [0.2, 0.25) is 5.91 Å². The monoisotopic (exact) mass is 460 g/mol. The molecule has 0 radical (unpaired) electrons. The second kappa shape index (κ2) is 9.45. The number of piperazine rings is 1. The number of hydrogen-bond acceptors (Lipinski definition) is 5. The van der Waals surface area contributed by atoms with Crippen LogP contribution in [0.5, 0.6) is 11.5 Å². The van der Waals surface area contributed by atoms with Crippen molar-refractivity contribution in [3.05, 3.63) is 59.4 Å². The molecular weight excluding hydrogens is 428 g/mol. The Morgan fingerprint density at radius 3 is 2.56 bits per heavy atom. The van der Waals surface area contributed by atoms with Crippen molar-refractivity contribution in [1.82, 2.24) is 4.90 Å². The van der Waals surface area contributed by atoms with Crippen molar-refractivity contribution in [2.45, 2.75) is 32.6 Å². The average molecular weight is 461 g/mol. The Morgan fingerprint density at radius 1 is 1.00 bits per heavy atom. The van der Waals surface area contributed by atoms with Gasteiger partial charge in [0.1, 0.15) is 22.8 Å². The number of benzene rings is 2. The van der Waals surface area contributed by atoms with Crippen LogP contribution in [-0.4, -0.2) is 51.2 Å². The molecule has 1 amide bonds. The highest BCUT2D eigenvalue weighted by Crippen LogP contribution is 2.38. The van der Waals surface area contributed by atoms with Crippen molar-refractivity contribution >= 4 is 28.1 Å². The standard InChI is InChI=1S/C28H32N2O4/c1-19(23-17-24-22-9-4-5-10-25(22)34-27(24)18-26(23)33-3)15-28(31)30-13-11-29(12-14-30)20-7-6-8-21(16-20)32-2/h6-8,15-18H,4-5,9-14H2,1-3H3/b19-15+. The maximum Gasteiger partial charge on any atom is 0.246 e. The number of rotatable bonds is 5. The summed E-state index contributed by atoms with van der Waals surface area (Å²) in [7, 11) is 3.35. The van der Waals surface area contributed by atoms with Crippen LogP contribution < -0.4 is 14.4 Å². The molecule has 2 heterocycles. The first-order chi connectivity index (χ1) is 16.6. The fraction of sp³-hybridized carbons (Fsp3) is 0.393. The lowest BCUT2D eigenvalue weighted by atomic mass is 9.94. The van der Waals surface area contributed by atoms with Crippen molar-refractivity contribution in [1.29, 1.82) is 0 Å². The van der Waals surface area contributed by atoms with Gasteiger partial charge in [-0.05, 0) is 50.0 Å². The fourth-order valence-electron chi connectivity index (χ4n) is 5.11. The molecule has 1 aliphatic heterocycles. The third-order valence-electron chi connectivity index (χ3n) is 7.05. The summed E-state index contributed by atoms with van der Waals surface area (Å²) in [6, 6.07) is 12.2. The molecule has 1 aliphatic carbocycles. The molecule has 0 N–H and O–H groups in total. The fourth-order valence-corrected chi connectivity index (χ4v) is 5.11. The van der Waals surface area contributed by atoms with Crippen LogP contribution in [0.3, 0.4) is 0 Å². The van der Waals surface area contributed by atoms with E-state index in [1.165, 1.54) is 18.4 Å². The van der Waals surface area contributed by atoms with Gasteiger partial charge in [0, 0.05) is 73.0 Å². The van der Waals surface area contributed by atoms with Gasteiger partial charge < -0.3 is 23.7 Å². The predicted molar refractivity (Wildman–Crippen MR) is 135 cm³/mol. The predicted octanol–water partition coefficient (Wildman–Crippen LogP) is 5.08. The summed E-state index contributed by atoms with van der Waals surface area (Å²) < 4.78 is 17.1. The Balaban J connectivity index is 1.33. The van der Waals surface area contributed by atoms with Crippen molar-refractivity contribution in [2.24, 2.45) is 0 Å². The molecule has 0 saturated carbocycles. The lowest BCUT2D eigenvalue weighted by Crippen LogP contribution is -2.48. The van der Waals surface area contributed by atoms with Crippen LogP contribution in [0.15, 0.2) is 46.9 Å². The first-order valence-electron chi connectivity index (χ1n) is 12.1. The molecular formula is C28H32N2O4. The molecule has 1 saturated heterocycles. The van der Waals surface area contributed by atoms with Crippen LogP contribution in [0.1, 0.15) is 36.7 Å². The minimum absolute atomic E-state index is 0.0409. The van der Waals surface area contributed by atoms with Crippen LogP contribution in [0.2, 0.25) is 0 Å². The summed E-state index contributed by atoms with van der Waals surface area (Å²) in [5.41, 5.74) is 5.18. The van der Waals surface area contributed by atoms with Crippen LogP contribution in [-0.2, 0) is 17.6 Å². The Labute approximate surface area is 200 Å². The SMILES string of the molecule is COc1cccc(N2CCN(C(=O)/C=C(\C)c3cc4c5c(oc4cc3OC)CCCC5)CC2)c1. The number of anilines is 1. The molecule has 0 unspecified atom stereocenters. The second-order valence-corrected chi connectivity index (χ2v) is 9.10. The zero-order valence-corrected chi connectivity index (χ0v) is 20.2. The molecule has 0 spiro atoms. The van der Waals surface area contributed by atoms with E-state index in [-0.39, 0.29) is 5.91 Å². The third kappa shape index (κ3) is 4.25. The first kappa shape index (κ1) is 22.4. The van der Waals surface area contributed by atoms with Gasteiger partial charge in [-0.1, -0.05) is 6.07 Å². The van der Waals surface area contributed by atoms with E-state index in [9.17, 15) is 4.79 Å². The molecule has 2 aromatic carbocycles. The molecule has 2 aliphatic rings. The summed E-state index contributed by atoms with van der Waals surface area (Å²) >= 11 is 0. The Bertz CT molecular complexity index is 1230. The summed E-state index contributed by atoms with van der Waals surface area (Å²) in [6.07, 6.45) is 6.16. The molecule has 1 aromatic heterocycles. The number of furan rings is 1. The van der Waals surface area contributed by atoms with Crippen molar-refractivity contribution in [3.63, 3.8) is 0 Å². The minimum atomic E-state index is 0.0409. The smallest absolute Gasteiger partial charge is 0.246 e. The lowest BCUT2D eigenvalue weighted by Gasteiger charge is -2.35. The van der Waals surface area contributed by atoms with Gasteiger partial charge in [0.25, 0.3) is 0 Å². The van der Waals surface area contributed by atoms with Gasteiger partial charge in [-0.3, -0.25) is 4.79 Å². The van der Waals surface area contributed by atoms with E-state index in [4.69, 9.17) is 13.9 Å². The topological polar surface area (TPSA) is 55.2 Å². The molecule has 178 valence electrons. The number of aryl methyl sites for hydroxylation is 2. The van der Waals surface area contributed by atoms with Crippen LogP contribution >= 0.6 is 0 Å². The number of amides is 1. The van der Waals surface area contributed by atoms with Crippen LogP contribution in [0.25, 0.3) is 16.5 Å². The van der Waals surface area contributed by atoms with E-state index >= 15 is 0 Å². The zero-order valence-electron chi connectivity index (χ0n) is 20.2. The highest BCUT2D eigenvalue weighted by atomic mass is 16.5. The van der Waals surface area contributed by atoms with E-state index in [1.54, 1.807) is 20.3 Å². The first-order valence-corrected chi connectivity index (χ1v) is 12.1. The van der Waals surface area contributed by atoms with Crippen molar-refractivity contribution in [3.8, 4) is 11.5 Å². The number of methoxy groups -OCH3 is 2. The van der Waals surface area contributed by atoms with Crippen LogP contribution in [0.4, 0.5) is 5.69 Å². The Hall–Kier alpha value is -3.41. The molecule has 34 heavy (non-hydrogen) atoms. The van der Waals surface area contributed by atoms with Crippen molar-refractivity contribution < 1.29 is 18.7 Å². The normalized spacial score (nSPS) is 16.5. The summed E-state index contributed by atoms with van der Waals surface area (Å²) in [4.78, 5) is 17.3. The summed E-state index contributed by atoms with van der Waals surface area (Å²) in [5, 5.41) is 1.15. The molecule has 0 bridgehead atoms. The quantitative estimate of drug-likeness (QED) is 0.497. The Morgan fingerprint density at radius 2 is 1.79 bits per heavy atom. The van der Waals surface area contributed by atoms with Crippen LogP contribution in [0, 0.1) is 0 Å². The number of allylic oxidation sites excluding steroid dienone is 1. The molecule has 6 heteroatoms. The van der Waals surface area contributed by atoms with Gasteiger partial charge in [-0.25, -0.2) is 0 Å². The number of nitrogens with zero attached hydrogens (tertiary/aromatic N) is 2. The van der Waals surface area contributed by atoms with Gasteiger partial charge >= 0.3 is 0 Å². The van der Waals surface area contributed by atoms with E-state index in [1.807, 2.05) is 36.1 Å². The number of ether oxygens (including phenoxy) is 2. The molecule has 5 rings (SSSR count). The number of carbonyl (C=O) groups is 1. The number of hydrogen-bond donors (Lipinski definition) is 0. The summed E-state index contributed by atoms with van der Waals surface area (Å²) in [6.45, 7) is 4.95. The number of fused-ring (bicyclic) bond motifs is 3. The van der Waals surface area contributed by atoms with E-state index in [0.29, 0.717) is 13.1 Å².